The van der Waals surface area contributed by atoms with E-state index in [9.17, 15) is 0 Å². The Morgan fingerprint density at radius 2 is 1.69 bits per heavy atom. The minimum absolute atomic E-state index is 0.0423. The summed E-state index contributed by atoms with van der Waals surface area (Å²) in [5.74, 6) is 3.29. The maximum absolute atomic E-state index is 6.61. The average Bonchev–Trinajstić information content (AvgIpc) is 3.16. The van der Waals surface area contributed by atoms with Gasteiger partial charge in [0, 0.05) is 13.0 Å². The van der Waals surface area contributed by atoms with Crippen LogP contribution in [0.25, 0.3) is 0 Å². The summed E-state index contributed by atoms with van der Waals surface area (Å²) >= 11 is 0. The third kappa shape index (κ3) is 3.91. The van der Waals surface area contributed by atoms with Gasteiger partial charge in [-0.15, -0.1) is 0 Å². The van der Waals surface area contributed by atoms with E-state index in [1.165, 1.54) is 63.4 Å². The molecule has 0 amide bonds. The molecule has 4 heteroatoms. The first-order chi connectivity index (χ1) is 15.7. The van der Waals surface area contributed by atoms with Crippen molar-refractivity contribution in [3.8, 4) is 5.75 Å². The molecule has 1 aromatic carbocycles. The molecule has 32 heavy (non-hydrogen) atoms. The molecule has 0 radical (unpaired) electrons. The lowest BCUT2D eigenvalue weighted by molar-refractivity contribution is -0.212. The summed E-state index contributed by atoms with van der Waals surface area (Å²) in [4.78, 5) is 0. The van der Waals surface area contributed by atoms with Gasteiger partial charge in [0.05, 0.1) is 12.7 Å². The summed E-state index contributed by atoms with van der Waals surface area (Å²) in [6.07, 6.45) is 14.9. The zero-order valence-corrected chi connectivity index (χ0v) is 19.7. The molecule has 0 bridgehead atoms. The van der Waals surface area contributed by atoms with Crippen LogP contribution in [0.3, 0.4) is 0 Å². The van der Waals surface area contributed by atoms with E-state index in [1.54, 1.807) is 5.56 Å². The van der Waals surface area contributed by atoms with Gasteiger partial charge in [-0.1, -0.05) is 13.0 Å². The van der Waals surface area contributed by atoms with Crippen molar-refractivity contribution in [2.45, 2.75) is 109 Å². The highest BCUT2D eigenvalue weighted by atomic mass is 16.7. The Labute approximate surface area is 193 Å². The van der Waals surface area contributed by atoms with E-state index in [4.69, 9.17) is 18.9 Å². The van der Waals surface area contributed by atoms with Crippen LogP contribution in [0.5, 0.6) is 5.75 Å². The van der Waals surface area contributed by atoms with E-state index in [0.29, 0.717) is 17.4 Å². The van der Waals surface area contributed by atoms with Crippen LogP contribution in [0.2, 0.25) is 0 Å². The maximum Gasteiger partial charge on any atom is 0.199 e. The third-order valence-corrected chi connectivity index (χ3v) is 9.47. The van der Waals surface area contributed by atoms with Crippen molar-refractivity contribution in [2.75, 3.05) is 13.2 Å². The number of benzene rings is 1. The van der Waals surface area contributed by atoms with E-state index in [0.717, 1.165) is 50.1 Å². The van der Waals surface area contributed by atoms with Gasteiger partial charge in [-0.05, 0) is 117 Å². The second kappa shape index (κ2) is 8.92. The normalized spacial score (nSPS) is 41.4. The molecule has 4 fully saturated rings. The molecule has 1 aromatic rings. The number of rotatable bonds is 4. The van der Waals surface area contributed by atoms with Crippen LogP contribution in [-0.4, -0.2) is 31.9 Å². The van der Waals surface area contributed by atoms with Gasteiger partial charge in [-0.25, -0.2) is 0 Å². The summed E-state index contributed by atoms with van der Waals surface area (Å²) in [5, 5.41) is 0. The van der Waals surface area contributed by atoms with Crippen LogP contribution in [0.15, 0.2) is 18.2 Å². The first kappa shape index (κ1) is 21.4. The largest absolute Gasteiger partial charge is 0.465 e. The van der Waals surface area contributed by atoms with Crippen molar-refractivity contribution in [2.24, 2.45) is 17.3 Å². The van der Waals surface area contributed by atoms with Crippen LogP contribution < -0.4 is 4.74 Å². The van der Waals surface area contributed by atoms with Crippen LogP contribution >= 0.6 is 0 Å². The SMILES string of the molecule is C[C@]12CC[C@@H]3c4ccc(OC5CCCCO5)cc4CC[C@H]3[C@@H]1CC[C@@H]2OC1CCCCO1. The average molecular weight is 441 g/mol. The van der Waals surface area contributed by atoms with E-state index in [-0.39, 0.29) is 12.6 Å². The number of aryl methyl sites for hydroxylation is 1. The molecule has 5 aliphatic rings. The predicted octanol–water partition coefficient (Wildman–Crippen LogP) is 6.36. The van der Waals surface area contributed by atoms with Crippen molar-refractivity contribution in [3.05, 3.63) is 29.3 Å². The summed E-state index contributed by atoms with van der Waals surface area (Å²) in [6, 6.07) is 6.90. The smallest absolute Gasteiger partial charge is 0.199 e. The quantitative estimate of drug-likeness (QED) is 0.546. The van der Waals surface area contributed by atoms with Crippen LogP contribution in [0.4, 0.5) is 0 Å². The number of fused-ring (bicyclic) bond motifs is 5. The van der Waals surface area contributed by atoms with Gasteiger partial charge >= 0.3 is 0 Å². The monoisotopic (exact) mass is 440 g/mol. The minimum Gasteiger partial charge on any atom is -0.465 e. The second-order valence-electron chi connectivity index (χ2n) is 11.2. The van der Waals surface area contributed by atoms with Gasteiger partial charge in [0.1, 0.15) is 5.75 Å². The molecule has 176 valence electrons. The highest BCUT2D eigenvalue weighted by molar-refractivity contribution is 5.40. The highest BCUT2D eigenvalue weighted by Gasteiger charge is 2.55. The fraction of sp³-hybridized carbons (Fsp3) is 0.786. The van der Waals surface area contributed by atoms with Crippen molar-refractivity contribution < 1.29 is 18.9 Å². The van der Waals surface area contributed by atoms with E-state index < -0.39 is 0 Å². The van der Waals surface area contributed by atoms with Gasteiger partial charge in [0.25, 0.3) is 0 Å². The zero-order chi connectivity index (χ0) is 21.5. The fourth-order valence-corrected chi connectivity index (χ4v) is 7.77. The lowest BCUT2D eigenvalue weighted by Gasteiger charge is -2.51. The van der Waals surface area contributed by atoms with Crippen LogP contribution in [0.1, 0.15) is 94.6 Å². The molecule has 3 aliphatic carbocycles. The van der Waals surface area contributed by atoms with E-state index in [1.807, 2.05) is 0 Å². The van der Waals surface area contributed by atoms with Gasteiger partial charge in [-0.2, -0.15) is 0 Å². The molecule has 4 nitrogen and oxygen atoms in total. The molecule has 6 rings (SSSR count). The minimum atomic E-state index is -0.0582. The zero-order valence-electron chi connectivity index (χ0n) is 19.7. The summed E-state index contributed by atoms with van der Waals surface area (Å²) in [5.41, 5.74) is 3.44. The Bertz CT molecular complexity index is 797. The molecule has 0 aromatic heterocycles. The molecule has 2 saturated heterocycles. The lowest BCUT2D eigenvalue weighted by atomic mass is 9.55. The van der Waals surface area contributed by atoms with Crippen molar-refractivity contribution in [1.29, 1.82) is 0 Å². The summed E-state index contributed by atoms with van der Waals surface area (Å²) in [6.45, 7) is 4.24. The predicted molar refractivity (Wildman–Crippen MR) is 124 cm³/mol. The molecule has 7 atom stereocenters. The Morgan fingerprint density at radius 3 is 2.47 bits per heavy atom. The molecule has 2 saturated carbocycles. The molecule has 0 spiro atoms. The first-order valence-corrected chi connectivity index (χ1v) is 13.4. The summed E-state index contributed by atoms with van der Waals surface area (Å²) < 4.78 is 24.5. The fourth-order valence-electron chi connectivity index (χ4n) is 7.77. The number of hydrogen-bond acceptors (Lipinski definition) is 4. The highest BCUT2D eigenvalue weighted by Crippen LogP contribution is 2.61. The van der Waals surface area contributed by atoms with Crippen molar-refractivity contribution in [1.82, 2.24) is 0 Å². The molecule has 2 heterocycles. The summed E-state index contributed by atoms with van der Waals surface area (Å²) in [7, 11) is 0. The van der Waals surface area contributed by atoms with Crippen molar-refractivity contribution >= 4 is 0 Å². The topological polar surface area (TPSA) is 36.9 Å². The van der Waals surface area contributed by atoms with Crippen molar-refractivity contribution in [3.63, 3.8) is 0 Å². The van der Waals surface area contributed by atoms with E-state index >= 15 is 0 Å². The third-order valence-electron chi connectivity index (χ3n) is 9.47. The molecular formula is C28H40O4. The van der Waals surface area contributed by atoms with Gasteiger partial charge in [0.15, 0.2) is 12.6 Å². The molecule has 2 aliphatic heterocycles. The van der Waals surface area contributed by atoms with Crippen LogP contribution in [-0.2, 0) is 20.6 Å². The molecule has 2 unspecified atom stereocenters. The lowest BCUT2D eigenvalue weighted by Crippen LogP contribution is -2.46. The maximum atomic E-state index is 6.61. The second-order valence-corrected chi connectivity index (χ2v) is 11.2. The Morgan fingerprint density at radius 1 is 0.875 bits per heavy atom. The van der Waals surface area contributed by atoms with E-state index in [2.05, 4.69) is 25.1 Å². The molecule has 0 N–H and O–H groups in total. The Hall–Kier alpha value is -1.10. The van der Waals surface area contributed by atoms with Gasteiger partial charge in [0.2, 0.25) is 0 Å². The van der Waals surface area contributed by atoms with Gasteiger partial charge < -0.3 is 18.9 Å². The van der Waals surface area contributed by atoms with Gasteiger partial charge in [-0.3, -0.25) is 0 Å². The Kier molecular flexibility index (Phi) is 5.98. The van der Waals surface area contributed by atoms with Crippen LogP contribution in [0, 0.1) is 17.3 Å². The first-order valence-electron chi connectivity index (χ1n) is 13.4. The Balaban J connectivity index is 1.15. The molecular weight excluding hydrogens is 400 g/mol. The standard InChI is InChI=1S/C28H40O4/c1-28-15-14-22-21-11-9-20(31-26-6-2-4-16-29-26)18-19(21)8-10-23(22)24(28)12-13-25(28)32-27-7-3-5-17-30-27/h9,11,18,22-27H,2-8,10,12-17H2,1H3/t22-,23-,24+,25+,26?,27?,28+/m1/s1. The number of hydrogen-bond donors (Lipinski definition) is 0. The number of ether oxygens (including phenoxy) is 4.